The Hall–Kier alpha value is -1.37. The molecule has 7 heteroatoms. The third kappa shape index (κ3) is 2.56. The Balaban J connectivity index is 2.94. The second-order valence-electron chi connectivity index (χ2n) is 2.58. The van der Waals surface area contributed by atoms with Gasteiger partial charge in [-0.15, -0.1) is 0 Å². The van der Waals surface area contributed by atoms with Crippen molar-refractivity contribution in [2.45, 2.75) is 6.42 Å². The first-order valence-corrected chi connectivity index (χ1v) is 4.01. The molecular formula is C8H7F4NO2. The molecule has 0 atom stereocenters. The van der Waals surface area contributed by atoms with Gasteiger partial charge in [0.2, 0.25) is 11.6 Å². The van der Waals surface area contributed by atoms with E-state index in [2.05, 4.69) is 9.72 Å². The lowest BCUT2D eigenvalue weighted by Crippen LogP contribution is -2.08. The highest BCUT2D eigenvalue weighted by Crippen LogP contribution is 2.24. The van der Waals surface area contributed by atoms with Crippen molar-refractivity contribution >= 4 is 0 Å². The van der Waals surface area contributed by atoms with Crippen LogP contribution in [0.25, 0.3) is 0 Å². The van der Waals surface area contributed by atoms with Gasteiger partial charge >= 0.3 is 0 Å². The predicted octanol–water partition coefficient (Wildman–Crippen LogP) is 1.40. The molecule has 1 N–H and O–H groups in total. The van der Waals surface area contributed by atoms with E-state index >= 15 is 0 Å². The molecule has 15 heavy (non-hydrogen) atoms. The van der Waals surface area contributed by atoms with Gasteiger partial charge in [-0.3, -0.25) is 0 Å². The van der Waals surface area contributed by atoms with Crippen molar-refractivity contribution in [3.05, 3.63) is 23.5 Å². The second-order valence-corrected chi connectivity index (χ2v) is 2.58. The Kier molecular flexibility index (Phi) is 3.84. The zero-order valence-electron chi connectivity index (χ0n) is 7.44. The molecule has 0 amide bonds. The summed E-state index contributed by atoms with van der Waals surface area (Å²) in [6, 6.07) is 0. The summed E-state index contributed by atoms with van der Waals surface area (Å²) in [5, 5.41) is 8.36. The van der Waals surface area contributed by atoms with Crippen LogP contribution in [0.15, 0.2) is 0 Å². The van der Waals surface area contributed by atoms with Crippen LogP contribution in [0.3, 0.4) is 0 Å². The van der Waals surface area contributed by atoms with Crippen molar-refractivity contribution in [1.29, 1.82) is 0 Å². The summed E-state index contributed by atoms with van der Waals surface area (Å²) >= 11 is 0. The van der Waals surface area contributed by atoms with Crippen molar-refractivity contribution in [2.75, 3.05) is 13.2 Å². The maximum atomic E-state index is 12.8. The number of nitrogens with zero attached hydrogens (tertiary/aromatic N) is 1. The van der Waals surface area contributed by atoms with Crippen molar-refractivity contribution in [3.63, 3.8) is 0 Å². The molecule has 0 radical (unpaired) electrons. The van der Waals surface area contributed by atoms with Crippen LogP contribution in [0.1, 0.15) is 6.42 Å². The molecule has 0 aliphatic heterocycles. The van der Waals surface area contributed by atoms with Gasteiger partial charge in [0.25, 0.3) is 11.9 Å². The molecule has 1 rings (SSSR count). The average molecular weight is 225 g/mol. The number of ether oxygens (including phenoxy) is 1. The van der Waals surface area contributed by atoms with Gasteiger partial charge in [-0.2, -0.15) is 22.5 Å². The van der Waals surface area contributed by atoms with E-state index in [1.807, 2.05) is 0 Å². The van der Waals surface area contributed by atoms with E-state index in [0.717, 1.165) is 0 Å². The largest absolute Gasteiger partial charge is 0.487 e. The van der Waals surface area contributed by atoms with E-state index in [4.69, 9.17) is 5.11 Å². The van der Waals surface area contributed by atoms with E-state index in [1.165, 1.54) is 0 Å². The van der Waals surface area contributed by atoms with E-state index < -0.39 is 29.3 Å². The molecule has 0 aliphatic carbocycles. The molecule has 84 valence electrons. The first-order chi connectivity index (χ1) is 7.07. The van der Waals surface area contributed by atoms with Crippen LogP contribution in [-0.2, 0) is 0 Å². The van der Waals surface area contributed by atoms with Crippen molar-refractivity contribution in [3.8, 4) is 5.75 Å². The second kappa shape index (κ2) is 4.92. The lowest BCUT2D eigenvalue weighted by atomic mass is 10.4. The van der Waals surface area contributed by atoms with Gasteiger partial charge in [0.1, 0.15) is 0 Å². The van der Waals surface area contributed by atoms with Crippen molar-refractivity contribution in [2.24, 2.45) is 0 Å². The lowest BCUT2D eigenvalue weighted by Gasteiger charge is -2.07. The van der Waals surface area contributed by atoms with E-state index in [-0.39, 0.29) is 19.6 Å². The summed E-state index contributed by atoms with van der Waals surface area (Å²) in [5.41, 5.74) is 0. The SMILES string of the molecule is OCCCOc1c(F)c(F)nc(F)c1F. The van der Waals surface area contributed by atoms with E-state index in [1.54, 1.807) is 0 Å². The predicted molar refractivity (Wildman–Crippen MR) is 41.3 cm³/mol. The normalized spacial score (nSPS) is 10.5. The molecule has 3 nitrogen and oxygen atoms in total. The van der Waals surface area contributed by atoms with Crippen LogP contribution in [0.4, 0.5) is 17.6 Å². The van der Waals surface area contributed by atoms with Crippen molar-refractivity contribution < 1.29 is 27.4 Å². The van der Waals surface area contributed by atoms with Gasteiger partial charge in [-0.1, -0.05) is 0 Å². The number of halogens is 4. The lowest BCUT2D eigenvalue weighted by molar-refractivity contribution is 0.216. The van der Waals surface area contributed by atoms with Gasteiger partial charge in [0.15, 0.2) is 5.75 Å². The number of aliphatic hydroxyl groups excluding tert-OH is 1. The minimum absolute atomic E-state index is 0.0877. The zero-order valence-corrected chi connectivity index (χ0v) is 7.44. The van der Waals surface area contributed by atoms with Gasteiger partial charge in [-0.05, 0) is 0 Å². The molecule has 0 bridgehead atoms. The highest BCUT2D eigenvalue weighted by molar-refractivity contribution is 5.24. The van der Waals surface area contributed by atoms with Gasteiger partial charge in [0, 0.05) is 13.0 Å². The summed E-state index contributed by atoms with van der Waals surface area (Å²) < 4.78 is 55.1. The van der Waals surface area contributed by atoms with Gasteiger partial charge < -0.3 is 9.84 Å². The first kappa shape index (κ1) is 11.7. The standard InChI is InChI=1S/C8H7F4NO2/c9-4-6(15-3-1-2-14)5(10)8(12)13-7(4)11/h14H,1-3H2. The first-order valence-electron chi connectivity index (χ1n) is 4.01. The number of rotatable bonds is 4. The molecule has 0 saturated carbocycles. The van der Waals surface area contributed by atoms with Gasteiger partial charge in [0.05, 0.1) is 6.61 Å². The van der Waals surface area contributed by atoms with Crippen LogP contribution in [0, 0.1) is 23.5 Å². The number of hydrogen-bond donors (Lipinski definition) is 1. The Labute approximate surface area is 82.3 Å². The average Bonchev–Trinajstić information content (AvgIpc) is 2.20. The smallest absolute Gasteiger partial charge is 0.255 e. The molecule has 1 heterocycles. The summed E-state index contributed by atoms with van der Waals surface area (Å²) in [6.45, 7) is -0.521. The van der Waals surface area contributed by atoms with E-state index in [0.29, 0.717) is 0 Å². The summed E-state index contributed by atoms with van der Waals surface area (Å²) in [7, 11) is 0. The summed E-state index contributed by atoms with van der Waals surface area (Å²) in [4.78, 5) is 2.35. The number of hydrogen-bond acceptors (Lipinski definition) is 3. The fraction of sp³-hybridized carbons (Fsp3) is 0.375. The van der Waals surface area contributed by atoms with Crippen LogP contribution < -0.4 is 4.74 Å². The van der Waals surface area contributed by atoms with Crippen molar-refractivity contribution in [1.82, 2.24) is 4.98 Å². The molecule has 0 spiro atoms. The van der Waals surface area contributed by atoms with Crippen LogP contribution in [0.5, 0.6) is 5.75 Å². The quantitative estimate of drug-likeness (QED) is 0.478. The molecule has 0 fully saturated rings. The third-order valence-corrected chi connectivity index (χ3v) is 1.51. The van der Waals surface area contributed by atoms with Crippen LogP contribution in [-0.4, -0.2) is 23.3 Å². The molecule has 0 aliphatic rings. The highest BCUT2D eigenvalue weighted by Gasteiger charge is 2.21. The maximum absolute atomic E-state index is 12.8. The van der Waals surface area contributed by atoms with Crippen LogP contribution in [0.2, 0.25) is 0 Å². The molecule has 1 aromatic heterocycles. The van der Waals surface area contributed by atoms with E-state index in [9.17, 15) is 17.6 Å². The Bertz CT molecular complexity index is 333. The zero-order chi connectivity index (χ0) is 11.4. The molecule has 0 unspecified atom stereocenters. The molecule has 1 aromatic rings. The molecule has 0 aromatic carbocycles. The Morgan fingerprint density at radius 1 is 1.07 bits per heavy atom. The molecule has 0 saturated heterocycles. The number of pyridine rings is 1. The van der Waals surface area contributed by atoms with Gasteiger partial charge in [-0.25, -0.2) is 0 Å². The third-order valence-electron chi connectivity index (χ3n) is 1.51. The topological polar surface area (TPSA) is 42.4 Å². The fourth-order valence-electron chi connectivity index (χ4n) is 0.834. The number of aromatic nitrogens is 1. The molecular weight excluding hydrogens is 218 g/mol. The maximum Gasteiger partial charge on any atom is 0.255 e. The number of aliphatic hydroxyl groups is 1. The monoisotopic (exact) mass is 225 g/mol. The Morgan fingerprint density at radius 2 is 1.60 bits per heavy atom. The minimum atomic E-state index is -1.77. The Morgan fingerprint density at radius 3 is 2.07 bits per heavy atom. The highest BCUT2D eigenvalue weighted by atomic mass is 19.2. The minimum Gasteiger partial charge on any atom is -0.487 e. The summed E-state index contributed by atoms with van der Waals surface area (Å²) in [6.07, 6.45) is 0.0877. The van der Waals surface area contributed by atoms with Crippen LogP contribution >= 0.6 is 0 Å². The summed E-state index contributed by atoms with van der Waals surface area (Å²) in [5.74, 6) is -8.08. The fourth-order valence-corrected chi connectivity index (χ4v) is 0.834.